The van der Waals surface area contributed by atoms with Crippen LogP contribution in [-0.4, -0.2) is 30.9 Å². The third-order valence-corrected chi connectivity index (χ3v) is 1.42. The molecule has 0 spiro atoms. The first-order chi connectivity index (χ1) is 5.66. The Hall–Kier alpha value is -1.83. The molecule has 0 aliphatic carbocycles. The van der Waals surface area contributed by atoms with Crippen LogP contribution in [-0.2, 0) is 0 Å². The Labute approximate surface area is 74.2 Å². The third kappa shape index (κ3) is 1.38. The van der Waals surface area contributed by atoms with Gasteiger partial charge in [-0.15, -0.1) is 0 Å². The molecule has 2 aromatic rings. The van der Waals surface area contributed by atoms with Crippen LogP contribution in [0.3, 0.4) is 0 Å². The largest absolute Gasteiger partial charge is 0.327 e. The summed E-state index contributed by atoms with van der Waals surface area (Å²) in [4.78, 5) is 41.0. The Balaban J connectivity index is 0.000000845. The van der Waals surface area contributed by atoms with Gasteiger partial charge >= 0.3 is 11.4 Å². The number of hydrogen-bond donors (Lipinski definition) is 4. The van der Waals surface area contributed by atoms with Gasteiger partial charge in [0.2, 0.25) is 0 Å². The van der Waals surface area contributed by atoms with Crippen molar-refractivity contribution in [2.75, 3.05) is 0 Å². The van der Waals surface area contributed by atoms with E-state index in [4.69, 9.17) is 0 Å². The van der Waals surface area contributed by atoms with E-state index in [-0.39, 0.29) is 22.1 Å². The second kappa shape index (κ2) is 2.90. The van der Waals surface area contributed by atoms with E-state index < -0.39 is 16.9 Å². The van der Waals surface area contributed by atoms with Gasteiger partial charge in [0.1, 0.15) is 11.2 Å². The molecule has 0 saturated carbocycles. The van der Waals surface area contributed by atoms with Crippen molar-refractivity contribution >= 4 is 22.1 Å². The van der Waals surface area contributed by atoms with Crippen molar-refractivity contribution in [2.24, 2.45) is 0 Å². The lowest BCUT2D eigenvalue weighted by molar-refractivity contribution is 1.07. The highest BCUT2D eigenvalue weighted by atomic mass is 28.1. The van der Waals surface area contributed by atoms with Gasteiger partial charge in [-0.2, -0.15) is 0 Å². The van der Waals surface area contributed by atoms with Gasteiger partial charge in [0.15, 0.2) is 0 Å². The SMILES string of the molecule is O=c1[nH]c(=O)c2[nH]c(=O)[nH]c2[nH]1.[Si]. The summed E-state index contributed by atoms with van der Waals surface area (Å²) in [6.45, 7) is 0. The second-order valence-corrected chi connectivity index (χ2v) is 2.24. The average molecular weight is 196 g/mol. The molecule has 0 aromatic carbocycles. The smallest absolute Gasteiger partial charge is 0.300 e. The van der Waals surface area contributed by atoms with Gasteiger partial charge in [0.25, 0.3) is 5.56 Å². The van der Waals surface area contributed by atoms with Crippen molar-refractivity contribution in [3.8, 4) is 0 Å². The summed E-state index contributed by atoms with van der Waals surface area (Å²) in [6, 6.07) is 0. The summed E-state index contributed by atoms with van der Waals surface area (Å²) in [6.07, 6.45) is 0. The molecule has 66 valence electrons. The van der Waals surface area contributed by atoms with Crippen LogP contribution in [0.15, 0.2) is 14.4 Å². The molecule has 7 nitrogen and oxygen atoms in total. The third-order valence-electron chi connectivity index (χ3n) is 1.42. The highest BCUT2D eigenvalue weighted by Crippen LogP contribution is 1.88. The van der Waals surface area contributed by atoms with Crippen LogP contribution in [0.4, 0.5) is 0 Å². The summed E-state index contributed by atoms with van der Waals surface area (Å²) in [5.41, 5.74) is -1.65. The Morgan fingerprint density at radius 1 is 0.769 bits per heavy atom. The van der Waals surface area contributed by atoms with Crippen molar-refractivity contribution in [3.05, 3.63) is 31.3 Å². The molecule has 0 atom stereocenters. The van der Waals surface area contributed by atoms with Gasteiger partial charge in [-0.1, -0.05) is 0 Å². The predicted octanol–water partition coefficient (Wildman–Crippen LogP) is -2.15. The Kier molecular flexibility index (Phi) is 2.06. The lowest BCUT2D eigenvalue weighted by Gasteiger charge is -1.83. The van der Waals surface area contributed by atoms with Crippen LogP contribution in [0.25, 0.3) is 11.2 Å². The first kappa shape index (κ1) is 9.26. The van der Waals surface area contributed by atoms with Gasteiger partial charge in [-0.25, -0.2) is 9.59 Å². The van der Waals surface area contributed by atoms with Crippen molar-refractivity contribution in [3.63, 3.8) is 0 Å². The first-order valence-corrected chi connectivity index (χ1v) is 3.11. The predicted molar refractivity (Wildman–Crippen MR) is 45.9 cm³/mol. The van der Waals surface area contributed by atoms with Gasteiger partial charge < -0.3 is 0 Å². The molecule has 4 radical (unpaired) electrons. The lowest BCUT2D eigenvalue weighted by Crippen LogP contribution is -2.21. The van der Waals surface area contributed by atoms with E-state index in [1.807, 2.05) is 4.98 Å². The topological polar surface area (TPSA) is 114 Å². The molecule has 0 aliphatic rings. The fourth-order valence-electron chi connectivity index (χ4n) is 0.958. The van der Waals surface area contributed by atoms with Crippen molar-refractivity contribution < 1.29 is 0 Å². The van der Waals surface area contributed by atoms with Gasteiger partial charge in [0, 0.05) is 11.0 Å². The van der Waals surface area contributed by atoms with Crippen LogP contribution in [0, 0.1) is 0 Å². The molecule has 4 N–H and O–H groups in total. The lowest BCUT2D eigenvalue weighted by atomic mass is 10.5. The maximum atomic E-state index is 10.9. The van der Waals surface area contributed by atoms with E-state index in [9.17, 15) is 14.4 Å². The molecule has 2 aromatic heterocycles. The number of aromatic amines is 4. The second-order valence-electron chi connectivity index (χ2n) is 2.24. The maximum Gasteiger partial charge on any atom is 0.327 e. The zero-order valence-electron chi connectivity index (χ0n) is 6.22. The first-order valence-electron chi connectivity index (χ1n) is 3.11. The monoisotopic (exact) mass is 196 g/mol. The van der Waals surface area contributed by atoms with E-state index in [1.54, 1.807) is 0 Å². The molecule has 0 unspecified atom stereocenters. The van der Waals surface area contributed by atoms with Crippen LogP contribution < -0.4 is 16.9 Å². The van der Waals surface area contributed by atoms with E-state index in [2.05, 4.69) is 15.0 Å². The van der Waals surface area contributed by atoms with Gasteiger partial charge in [-0.05, 0) is 0 Å². The highest BCUT2D eigenvalue weighted by molar-refractivity contribution is 5.75. The van der Waals surface area contributed by atoms with Crippen molar-refractivity contribution in [2.45, 2.75) is 0 Å². The molecule has 2 rings (SSSR count). The van der Waals surface area contributed by atoms with Crippen molar-refractivity contribution in [1.82, 2.24) is 19.9 Å². The fourth-order valence-corrected chi connectivity index (χ4v) is 0.958. The van der Waals surface area contributed by atoms with Crippen LogP contribution in [0.1, 0.15) is 0 Å². The summed E-state index contributed by atoms with van der Waals surface area (Å²) in [5, 5.41) is 0. The number of aromatic nitrogens is 4. The Bertz CT molecular complexity index is 588. The van der Waals surface area contributed by atoms with Crippen LogP contribution >= 0.6 is 0 Å². The zero-order valence-corrected chi connectivity index (χ0v) is 7.22. The molecule has 0 fully saturated rings. The number of H-pyrrole nitrogens is 4. The summed E-state index contributed by atoms with van der Waals surface area (Å²) in [5.74, 6) is 0. The van der Waals surface area contributed by atoms with Crippen molar-refractivity contribution in [1.29, 1.82) is 0 Å². The van der Waals surface area contributed by atoms with Gasteiger partial charge in [0.05, 0.1) is 0 Å². The summed E-state index contributed by atoms with van der Waals surface area (Å²) >= 11 is 0. The molecular formula is C5H4N4O3Si. The minimum atomic E-state index is -0.650. The Morgan fingerprint density at radius 2 is 1.31 bits per heavy atom. The van der Waals surface area contributed by atoms with Crippen LogP contribution in [0.5, 0.6) is 0 Å². The Morgan fingerprint density at radius 3 is 1.92 bits per heavy atom. The quantitative estimate of drug-likeness (QED) is 0.360. The summed E-state index contributed by atoms with van der Waals surface area (Å²) in [7, 11) is 0. The van der Waals surface area contributed by atoms with Crippen LogP contribution in [0.2, 0.25) is 0 Å². The number of imidazole rings is 1. The van der Waals surface area contributed by atoms with Gasteiger partial charge in [-0.3, -0.25) is 24.7 Å². The zero-order chi connectivity index (χ0) is 8.72. The molecule has 8 heteroatoms. The molecule has 0 saturated heterocycles. The number of rotatable bonds is 0. The molecule has 13 heavy (non-hydrogen) atoms. The fraction of sp³-hybridized carbons (Fsp3) is 0. The molecule has 0 amide bonds. The van der Waals surface area contributed by atoms with E-state index in [1.165, 1.54) is 0 Å². The number of nitrogens with one attached hydrogen (secondary N) is 4. The van der Waals surface area contributed by atoms with E-state index in [0.717, 1.165) is 0 Å². The maximum absolute atomic E-state index is 10.9. The van der Waals surface area contributed by atoms with E-state index >= 15 is 0 Å². The minimum Gasteiger partial charge on any atom is -0.300 e. The molecule has 0 aliphatic heterocycles. The summed E-state index contributed by atoms with van der Waals surface area (Å²) < 4.78 is 0. The molecule has 2 heterocycles. The van der Waals surface area contributed by atoms with E-state index in [0.29, 0.717) is 0 Å². The minimum absolute atomic E-state index is 0. The molecule has 0 bridgehead atoms. The molecular weight excluding hydrogens is 192 g/mol. The average Bonchev–Trinajstić information content (AvgIpc) is 2.29. The standard InChI is InChI=1S/C5H4N4O3.Si/c10-3-1-2(7-4(11)6-1)8-5(12)9-3;/h(H4,6,7,8,9,10,11,12);. The highest BCUT2D eigenvalue weighted by Gasteiger charge is 2.02. The normalized spacial score (nSPS) is 9.85. The number of fused-ring (bicyclic) bond motifs is 1. The number of hydrogen-bond acceptors (Lipinski definition) is 3.